The first-order valence-corrected chi connectivity index (χ1v) is 6.75. The highest BCUT2D eigenvalue weighted by Crippen LogP contribution is 2.21. The van der Waals surface area contributed by atoms with Gasteiger partial charge < -0.3 is 15.5 Å². The zero-order valence-corrected chi connectivity index (χ0v) is 12.0. The number of pyridine rings is 1. The summed E-state index contributed by atoms with van der Waals surface area (Å²) in [5, 5.41) is 21.6. The number of hydrogen-bond donors (Lipinski definition) is 3. The largest absolute Gasteiger partial charge is 0.479 e. The molecule has 1 aliphatic heterocycles. The maximum atomic E-state index is 11.7. The second kappa shape index (κ2) is 7.01. The van der Waals surface area contributed by atoms with Crippen molar-refractivity contribution >= 4 is 17.7 Å². The average Bonchev–Trinajstić information content (AvgIpc) is 2.53. The summed E-state index contributed by atoms with van der Waals surface area (Å²) in [6.45, 7) is 1.86. The maximum absolute atomic E-state index is 11.7. The van der Waals surface area contributed by atoms with Crippen molar-refractivity contribution in [2.24, 2.45) is 0 Å². The van der Waals surface area contributed by atoms with Crippen LogP contribution in [0.1, 0.15) is 17.3 Å². The zero-order valence-electron chi connectivity index (χ0n) is 12.0. The zero-order chi connectivity index (χ0) is 16.1. The van der Waals surface area contributed by atoms with E-state index in [2.05, 4.69) is 10.3 Å². The molecule has 0 aliphatic carbocycles. The molecule has 1 aliphatic rings. The summed E-state index contributed by atoms with van der Waals surface area (Å²) in [6.07, 6.45) is 3.49. The smallest absolute Gasteiger partial charge is 0.339 e. The summed E-state index contributed by atoms with van der Waals surface area (Å²) in [5.74, 6) is -1.03. The molecule has 2 heterocycles. The average molecular weight is 307 g/mol. The second-order valence-electron chi connectivity index (χ2n) is 4.70. The molecule has 0 aromatic carbocycles. The Bertz CT molecular complexity index is 572. The summed E-state index contributed by atoms with van der Waals surface area (Å²) in [7, 11) is 0. The van der Waals surface area contributed by atoms with Gasteiger partial charge in [0.25, 0.3) is 5.91 Å². The molecule has 1 amide bonds. The summed E-state index contributed by atoms with van der Waals surface area (Å²) in [5.41, 5.74) is 0.340. The van der Waals surface area contributed by atoms with E-state index >= 15 is 0 Å². The molecule has 1 aromatic heterocycles. The van der Waals surface area contributed by atoms with Gasteiger partial charge in [0.15, 0.2) is 5.82 Å². The highest BCUT2D eigenvalue weighted by molar-refractivity contribution is 5.94. The van der Waals surface area contributed by atoms with Crippen LogP contribution in [0.15, 0.2) is 30.5 Å². The number of hydroxylamine groups is 1. The van der Waals surface area contributed by atoms with Gasteiger partial charge in [0, 0.05) is 12.7 Å². The third kappa shape index (κ3) is 3.60. The van der Waals surface area contributed by atoms with Crippen molar-refractivity contribution in [2.75, 3.05) is 18.2 Å². The molecule has 0 radical (unpaired) electrons. The van der Waals surface area contributed by atoms with E-state index in [-0.39, 0.29) is 25.1 Å². The van der Waals surface area contributed by atoms with Crippen LogP contribution in [0.25, 0.3) is 0 Å². The van der Waals surface area contributed by atoms with Crippen molar-refractivity contribution in [3.8, 4) is 0 Å². The van der Waals surface area contributed by atoms with E-state index in [1.165, 1.54) is 17.3 Å². The highest BCUT2D eigenvalue weighted by atomic mass is 16.7. The third-order valence-corrected chi connectivity index (χ3v) is 3.04. The van der Waals surface area contributed by atoms with E-state index in [9.17, 15) is 9.59 Å². The van der Waals surface area contributed by atoms with Gasteiger partial charge in [-0.2, -0.15) is 0 Å². The first kappa shape index (κ1) is 15.9. The molecule has 3 N–H and O–H groups in total. The Kier molecular flexibility index (Phi) is 5.08. The number of aliphatic hydroxyl groups excluding tert-OH is 1. The number of carboxylic acids is 1. The number of rotatable bonds is 5. The van der Waals surface area contributed by atoms with Crippen LogP contribution in [0.5, 0.6) is 0 Å². The number of aliphatic hydroxyl groups is 1. The third-order valence-electron chi connectivity index (χ3n) is 3.04. The van der Waals surface area contributed by atoms with Crippen molar-refractivity contribution in [3.63, 3.8) is 0 Å². The number of amides is 1. The van der Waals surface area contributed by atoms with Crippen molar-refractivity contribution in [3.05, 3.63) is 36.0 Å². The van der Waals surface area contributed by atoms with Gasteiger partial charge in [-0.15, -0.1) is 0 Å². The fourth-order valence-electron chi connectivity index (χ4n) is 1.91. The molecule has 8 nitrogen and oxygen atoms in total. The van der Waals surface area contributed by atoms with Gasteiger partial charge in [-0.1, -0.05) is 6.08 Å². The van der Waals surface area contributed by atoms with Crippen molar-refractivity contribution in [2.45, 2.75) is 19.1 Å². The number of aromatic nitrogens is 1. The Morgan fingerprint density at radius 1 is 1.41 bits per heavy atom. The number of nitrogens with zero attached hydrogens (tertiary/aromatic N) is 2. The van der Waals surface area contributed by atoms with E-state index in [4.69, 9.17) is 15.1 Å². The quantitative estimate of drug-likeness (QED) is 0.654. The molecule has 8 heteroatoms. The van der Waals surface area contributed by atoms with E-state index in [0.29, 0.717) is 11.4 Å². The molecular weight excluding hydrogens is 290 g/mol. The van der Waals surface area contributed by atoms with E-state index < -0.39 is 12.1 Å². The van der Waals surface area contributed by atoms with Crippen LogP contribution in [0.3, 0.4) is 0 Å². The molecule has 0 saturated heterocycles. The Morgan fingerprint density at radius 2 is 2.18 bits per heavy atom. The summed E-state index contributed by atoms with van der Waals surface area (Å²) >= 11 is 0. The number of aliphatic carboxylic acids is 1. The lowest BCUT2D eigenvalue weighted by atomic mass is 10.2. The van der Waals surface area contributed by atoms with Crippen LogP contribution >= 0.6 is 0 Å². The van der Waals surface area contributed by atoms with Gasteiger partial charge >= 0.3 is 5.97 Å². The summed E-state index contributed by atoms with van der Waals surface area (Å²) in [4.78, 5) is 32.2. The molecule has 1 aromatic rings. The van der Waals surface area contributed by atoms with Gasteiger partial charge in [0.1, 0.15) is 0 Å². The van der Waals surface area contributed by atoms with Crippen molar-refractivity contribution < 1.29 is 24.6 Å². The van der Waals surface area contributed by atoms with Crippen LogP contribution in [0.4, 0.5) is 5.82 Å². The Morgan fingerprint density at radius 3 is 2.77 bits per heavy atom. The number of carbonyl (C=O) groups is 2. The fourth-order valence-corrected chi connectivity index (χ4v) is 1.91. The summed E-state index contributed by atoms with van der Waals surface area (Å²) < 4.78 is 0. The minimum absolute atomic E-state index is 0.140. The molecule has 0 saturated carbocycles. The van der Waals surface area contributed by atoms with Crippen LogP contribution in [0.2, 0.25) is 0 Å². The Hall–Kier alpha value is -2.45. The normalized spacial score (nSPS) is 20.7. The predicted molar refractivity (Wildman–Crippen MR) is 77.2 cm³/mol. The van der Waals surface area contributed by atoms with Crippen molar-refractivity contribution in [1.82, 2.24) is 10.3 Å². The predicted octanol–water partition coefficient (Wildman–Crippen LogP) is -0.0468. The standard InChI is InChI=1S/C14H17N3O5/c1-9-2-4-11(14(20)21)22-17(9)12-5-3-10(8-16-12)13(19)15-6-7-18/h2-5,8-9,11,18H,6-7H2,1H3,(H,15,19)(H,20,21). The lowest BCUT2D eigenvalue weighted by molar-refractivity contribution is -0.148. The number of anilines is 1. The number of nitrogens with one attached hydrogen (secondary N) is 1. The molecule has 118 valence electrons. The molecule has 0 fully saturated rings. The van der Waals surface area contributed by atoms with Gasteiger partial charge in [-0.25, -0.2) is 14.8 Å². The second-order valence-corrected chi connectivity index (χ2v) is 4.70. The SMILES string of the molecule is CC1C=CC(C(=O)O)ON1c1ccc(C(=O)NCCO)cn1. The lowest BCUT2D eigenvalue weighted by Gasteiger charge is -2.32. The highest BCUT2D eigenvalue weighted by Gasteiger charge is 2.27. The van der Waals surface area contributed by atoms with Gasteiger partial charge in [-0.05, 0) is 25.1 Å². The van der Waals surface area contributed by atoms with Crippen LogP contribution < -0.4 is 10.4 Å². The van der Waals surface area contributed by atoms with Gasteiger partial charge in [-0.3, -0.25) is 9.63 Å². The minimum Gasteiger partial charge on any atom is -0.479 e. The molecule has 2 atom stereocenters. The minimum atomic E-state index is -1.09. The summed E-state index contributed by atoms with van der Waals surface area (Å²) in [6, 6.07) is 2.94. The molecule has 0 bridgehead atoms. The molecule has 22 heavy (non-hydrogen) atoms. The lowest BCUT2D eigenvalue weighted by Crippen LogP contribution is -2.42. The number of hydrogen-bond acceptors (Lipinski definition) is 6. The monoisotopic (exact) mass is 307 g/mol. The van der Waals surface area contributed by atoms with Gasteiger partial charge in [0.2, 0.25) is 6.10 Å². The first-order valence-electron chi connectivity index (χ1n) is 6.75. The van der Waals surface area contributed by atoms with E-state index in [1.807, 2.05) is 6.92 Å². The number of carbonyl (C=O) groups excluding carboxylic acids is 1. The fraction of sp³-hybridized carbons (Fsp3) is 0.357. The van der Waals surface area contributed by atoms with Gasteiger partial charge in [0.05, 0.1) is 18.2 Å². The molecule has 2 rings (SSSR count). The first-order chi connectivity index (χ1) is 10.5. The van der Waals surface area contributed by atoms with E-state index in [0.717, 1.165) is 0 Å². The maximum Gasteiger partial charge on any atom is 0.339 e. The van der Waals surface area contributed by atoms with Crippen LogP contribution in [-0.4, -0.2) is 52.4 Å². The Balaban J connectivity index is 2.11. The molecular formula is C14H17N3O5. The van der Waals surface area contributed by atoms with Crippen LogP contribution in [-0.2, 0) is 9.63 Å². The topological polar surface area (TPSA) is 112 Å². The number of carboxylic acid groups (broad SMARTS) is 1. The van der Waals surface area contributed by atoms with Crippen LogP contribution in [0, 0.1) is 0 Å². The van der Waals surface area contributed by atoms with E-state index in [1.54, 1.807) is 18.2 Å². The van der Waals surface area contributed by atoms with Crippen molar-refractivity contribution in [1.29, 1.82) is 0 Å². The molecule has 2 unspecified atom stereocenters. The Labute approximate surface area is 127 Å². The molecule has 0 spiro atoms.